The summed E-state index contributed by atoms with van der Waals surface area (Å²) < 4.78 is -0.261. The number of halogens is 2. The molecule has 0 fully saturated rings. The van der Waals surface area contributed by atoms with E-state index < -0.39 is 0 Å². The summed E-state index contributed by atoms with van der Waals surface area (Å²) in [6.07, 6.45) is 0. The molecule has 0 aliphatic rings. The lowest BCUT2D eigenvalue weighted by molar-refractivity contribution is 1.64. The van der Waals surface area contributed by atoms with Crippen LogP contribution in [-0.4, -0.2) is 4.29 Å². The summed E-state index contributed by atoms with van der Waals surface area (Å²) in [7, 11) is 0. The summed E-state index contributed by atoms with van der Waals surface area (Å²) in [4.78, 5) is 0. The minimum Gasteiger partial charge on any atom is -0.0961 e. The highest BCUT2D eigenvalue weighted by Gasteiger charge is 1.86. The molecular formula is C9H6BrCl. The molecule has 0 aliphatic heterocycles. The highest BCUT2D eigenvalue weighted by molar-refractivity contribution is 9.10. The minimum absolute atomic E-state index is 0.261. The standard InChI is InChI=1S/C9H6BrCl/c10-9(11)7-6-8-4-2-1-3-5-8/h1-5,9H. The largest absolute Gasteiger partial charge is 0.149 e. The fraction of sp³-hybridized carbons (Fsp3) is 0.111. The molecule has 1 unspecified atom stereocenters. The number of hydrogen-bond acceptors (Lipinski definition) is 0. The van der Waals surface area contributed by atoms with E-state index in [4.69, 9.17) is 11.6 Å². The smallest absolute Gasteiger partial charge is 0.0961 e. The first-order chi connectivity index (χ1) is 5.29. The van der Waals surface area contributed by atoms with Crippen LogP contribution in [0.25, 0.3) is 0 Å². The summed E-state index contributed by atoms with van der Waals surface area (Å²) in [6.45, 7) is 0. The predicted octanol–water partition coefficient (Wildman–Crippen LogP) is 3.00. The van der Waals surface area contributed by atoms with Gasteiger partial charge in [0.2, 0.25) is 0 Å². The number of benzene rings is 1. The molecule has 1 atom stereocenters. The molecule has 0 saturated carbocycles. The van der Waals surface area contributed by atoms with Crippen molar-refractivity contribution in [1.29, 1.82) is 0 Å². The van der Waals surface area contributed by atoms with Crippen molar-refractivity contribution >= 4 is 27.5 Å². The normalized spacial score (nSPS) is 11.5. The van der Waals surface area contributed by atoms with Crippen molar-refractivity contribution in [2.45, 2.75) is 4.29 Å². The first-order valence-corrected chi connectivity index (χ1v) is 4.49. The van der Waals surface area contributed by atoms with Crippen LogP contribution in [0.15, 0.2) is 30.3 Å². The van der Waals surface area contributed by atoms with Gasteiger partial charge in [0.25, 0.3) is 0 Å². The summed E-state index contributed by atoms with van der Waals surface area (Å²) in [5, 5.41) is 0. The van der Waals surface area contributed by atoms with Crippen LogP contribution in [-0.2, 0) is 0 Å². The van der Waals surface area contributed by atoms with Crippen molar-refractivity contribution in [2.24, 2.45) is 0 Å². The van der Waals surface area contributed by atoms with E-state index in [1.807, 2.05) is 30.3 Å². The highest BCUT2D eigenvalue weighted by atomic mass is 79.9. The van der Waals surface area contributed by atoms with E-state index in [2.05, 4.69) is 27.8 Å². The molecule has 1 aromatic rings. The van der Waals surface area contributed by atoms with Crippen LogP contribution in [0, 0.1) is 11.8 Å². The first-order valence-electron chi connectivity index (χ1n) is 3.14. The van der Waals surface area contributed by atoms with Gasteiger partial charge in [0, 0.05) is 5.56 Å². The minimum atomic E-state index is -0.261. The number of rotatable bonds is 0. The maximum absolute atomic E-state index is 5.57. The average molecular weight is 230 g/mol. The molecule has 0 aromatic heterocycles. The Balaban J connectivity index is 2.75. The zero-order valence-electron chi connectivity index (χ0n) is 5.72. The van der Waals surface area contributed by atoms with Crippen molar-refractivity contribution in [3.05, 3.63) is 35.9 Å². The van der Waals surface area contributed by atoms with Gasteiger partial charge in [0.1, 0.15) is 4.29 Å². The SMILES string of the molecule is ClC(Br)C#Cc1ccccc1. The maximum Gasteiger partial charge on any atom is 0.149 e. The molecule has 0 amide bonds. The maximum atomic E-state index is 5.57. The van der Waals surface area contributed by atoms with Crippen molar-refractivity contribution in [3.8, 4) is 11.8 Å². The van der Waals surface area contributed by atoms with Crippen LogP contribution in [0.4, 0.5) is 0 Å². The first kappa shape index (κ1) is 8.64. The van der Waals surface area contributed by atoms with Gasteiger partial charge in [0.15, 0.2) is 0 Å². The van der Waals surface area contributed by atoms with Gasteiger partial charge in [-0.05, 0) is 12.1 Å². The summed E-state index contributed by atoms with van der Waals surface area (Å²) in [6, 6.07) is 9.74. The van der Waals surface area contributed by atoms with E-state index in [-0.39, 0.29) is 4.29 Å². The number of alkyl halides is 2. The Hall–Kier alpha value is -0.450. The third kappa shape index (κ3) is 3.46. The van der Waals surface area contributed by atoms with Gasteiger partial charge in [-0.2, -0.15) is 0 Å². The Kier molecular flexibility index (Phi) is 3.48. The van der Waals surface area contributed by atoms with Gasteiger partial charge in [-0.25, -0.2) is 0 Å². The molecule has 2 heteroatoms. The molecule has 0 nitrogen and oxygen atoms in total. The second-order valence-electron chi connectivity index (χ2n) is 1.94. The van der Waals surface area contributed by atoms with E-state index >= 15 is 0 Å². The molecule has 11 heavy (non-hydrogen) atoms. The zero-order valence-corrected chi connectivity index (χ0v) is 8.06. The Bertz CT molecular complexity index is 269. The van der Waals surface area contributed by atoms with Crippen LogP contribution in [0.5, 0.6) is 0 Å². The van der Waals surface area contributed by atoms with E-state index in [1.54, 1.807) is 0 Å². The molecule has 0 radical (unpaired) electrons. The number of hydrogen-bond donors (Lipinski definition) is 0. The van der Waals surface area contributed by atoms with Gasteiger partial charge in [0.05, 0.1) is 0 Å². The van der Waals surface area contributed by atoms with Crippen molar-refractivity contribution in [1.82, 2.24) is 0 Å². The van der Waals surface area contributed by atoms with Crippen LogP contribution < -0.4 is 0 Å². The molecule has 0 aliphatic carbocycles. The van der Waals surface area contributed by atoms with E-state index in [0.717, 1.165) is 5.56 Å². The summed E-state index contributed by atoms with van der Waals surface area (Å²) in [5.74, 6) is 5.71. The molecule has 0 heterocycles. The zero-order chi connectivity index (χ0) is 8.10. The van der Waals surface area contributed by atoms with E-state index in [1.165, 1.54) is 0 Å². The molecular weight excluding hydrogens is 223 g/mol. The Labute approximate surface area is 79.7 Å². The van der Waals surface area contributed by atoms with Gasteiger partial charge in [-0.1, -0.05) is 57.6 Å². The summed E-state index contributed by atoms with van der Waals surface area (Å²) >= 11 is 8.69. The fourth-order valence-corrected chi connectivity index (χ4v) is 0.828. The van der Waals surface area contributed by atoms with Gasteiger partial charge in [-0.15, -0.1) is 0 Å². The van der Waals surface area contributed by atoms with Crippen LogP contribution in [0.2, 0.25) is 0 Å². The molecule has 0 N–H and O–H groups in total. The third-order valence-corrected chi connectivity index (χ3v) is 1.44. The fourth-order valence-electron chi connectivity index (χ4n) is 0.659. The average Bonchev–Trinajstić information content (AvgIpc) is 2.03. The van der Waals surface area contributed by atoms with Gasteiger partial charge < -0.3 is 0 Å². The molecule has 0 bridgehead atoms. The molecule has 1 aromatic carbocycles. The molecule has 0 spiro atoms. The molecule has 56 valence electrons. The van der Waals surface area contributed by atoms with Crippen molar-refractivity contribution < 1.29 is 0 Å². The van der Waals surface area contributed by atoms with Crippen molar-refractivity contribution in [2.75, 3.05) is 0 Å². The monoisotopic (exact) mass is 228 g/mol. The Morgan fingerprint density at radius 2 is 1.91 bits per heavy atom. The van der Waals surface area contributed by atoms with Gasteiger partial charge in [-0.3, -0.25) is 0 Å². The third-order valence-electron chi connectivity index (χ3n) is 1.10. The van der Waals surface area contributed by atoms with Crippen LogP contribution in [0.1, 0.15) is 5.56 Å². The second kappa shape index (κ2) is 4.43. The summed E-state index contributed by atoms with van der Waals surface area (Å²) in [5.41, 5.74) is 0.984. The lowest BCUT2D eigenvalue weighted by Crippen LogP contribution is -1.77. The second-order valence-corrected chi connectivity index (χ2v) is 3.82. The molecule has 0 saturated heterocycles. The van der Waals surface area contributed by atoms with E-state index in [0.29, 0.717) is 0 Å². The van der Waals surface area contributed by atoms with Crippen LogP contribution in [0.3, 0.4) is 0 Å². The lowest BCUT2D eigenvalue weighted by Gasteiger charge is -1.86. The van der Waals surface area contributed by atoms with E-state index in [9.17, 15) is 0 Å². The quantitative estimate of drug-likeness (QED) is 0.474. The lowest BCUT2D eigenvalue weighted by atomic mass is 10.2. The topological polar surface area (TPSA) is 0 Å². The molecule has 1 rings (SSSR count). The Morgan fingerprint density at radius 3 is 2.45 bits per heavy atom. The van der Waals surface area contributed by atoms with Crippen molar-refractivity contribution in [3.63, 3.8) is 0 Å². The van der Waals surface area contributed by atoms with Gasteiger partial charge >= 0.3 is 0 Å². The van der Waals surface area contributed by atoms with Crippen LogP contribution >= 0.6 is 27.5 Å². The Morgan fingerprint density at radius 1 is 1.27 bits per heavy atom. The predicted molar refractivity (Wildman–Crippen MR) is 51.9 cm³/mol. The highest BCUT2D eigenvalue weighted by Crippen LogP contribution is 2.02.